The van der Waals surface area contributed by atoms with Gasteiger partial charge < -0.3 is 5.11 Å². The number of aliphatic hydroxyl groups excluding tert-OH is 1. The number of halogens is 7. The van der Waals surface area contributed by atoms with E-state index in [1.807, 2.05) is 235 Å². The molecule has 0 aliphatic heterocycles. The SMILES string of the molecule is Cc1ccc(C(=O)/C=C/c2cc(-c3ccc(C)c(C)c3)n[nH]2)cc1C.Cc1ccc(C(=O)/C=C/c2cc(-c3ccc(CO)cc3F)n[nH]2)cc1C.Cc1ccc(C(=O)/C=C/c2cc(-c3ccc(Cl)c(Cl)c3)n[nH]2)cc1C.Cc1ccc(C(=O)/C=C/c2cc(-c3ccc(Cl)cc3)n[nH]2)cc1C.Cc1ccc(C(=O)/C=C/c2cc(-c3ccc(F)c(F)c3)n[nH]2)cc1C.Cc1ccc(C(=O)/C=C/c2cc(-c3ccc(F)cc3)n[nH]2)cc1C. The molecule has 6 aromatic heterocycles. The number of benzene rings is 12. The van der Waals surface area contributed by atoms with Crippen molar-refractivity contribution in [1.82, 2.24) is 61.2 Å². The van der Waals surface area contributed by atoms with Gasteiger partial charge in [-0.25, -0.2) is 17.6 Å². The van der Waals surface area contributed by atoms with Crippen LogP contribution >= 0.6 is 34.8 Å². The summed E-state index contributed by atoms with van der Waals surface area (Å²) in [6, 6.07) is 78.1. The Morgan fingerprint density at radius 3 is 0.785 bits per heavy atom. The van der Waals surface area contributed by atoms with Gasteiger partial charge in [-0.05, 0) is 411 Å². The Balaban J connectivity index is 0.000000149. The fraction of sp³-hybridized carbons (Fsp3) is 0.122. The van der Waals surface area contributed by atoms with E-state index in [1.165, 1.54) is 76.4 Å². The van der Waals surface area contributed by atoms with Crippen LogP contribution in [0.15, 0.2) is 303 Å². The minimum atomic E-state index is -0.928. The molecular weight excluding hydrogens is 1940 g/mol. The van der Waals surface area contributed by atoms with Gasteiger partial charge in [0.1, 0.15) is 11.6 Å². The molecule has 18 aromatic rings. The number of nitrogens with one attached hydrogen (secondary N) is 6. The highest BCUT2D eigenvalue weighted by Crippen LogP contribution is 2.32. The van der Waals surface area contributed by atoms with Gasteiger partial charge in [0.15, 0.2) is 46.3 Å². The Hall–Kier alpha value is -17.1. The minimum Gasteiger partial charge on any atom is -0.392 e. The van der Waals surface area contributed by atoms with Crippen LogP contribution in [-0.2, 0) is 6.61 Å². The molecule has 19 nitrogen and oxygen atoms in total. The first-order valence-electron chi connectivity index (χ1n) is 47.4. The quantitative estimate of drug-likeness (QED) is 0.0159. The van der Waals surface area contributed by atoms with Crippen molar-refractivity contribution in [1.29, 1.82) is 0 Å². The molecule has 6 heterocycles. The highest BCUT2D eigenvalue weighted by molar-refractivity contribution is 6.42. The summed E-state index contributed by atoms with van der Waals surface area (Å²) in [5.41, 5.74) is 33.2. The Bertz CT molecular complexity index is 7640. The Morgan fingerprint density at radius 2 is 0.497 bits per heavy atom. The maximum Gasteiger partial charge on any atom is 0.185 e. The van der Waals surface area contributed by atoms with E-state index < -0.39 is 17.5 Å². The van der Waals surface area contributed by atoms with E-state index in [4.69, 9.17) is 39.9 Å². The molecule has 750 valence electrons. The van der Waals surface area contributed by atoms with E-state index in [-0.39, 0.29) is 47.1 Å². The molecule has 0 amide bonds. The zero-order chi connectivity index (χ0) is 107. The van der Waals surface area contributed by atoms with E-state index in [9.17, 15) is 46.3 Å². The van der Waals surface area contributed by atoms with Crippen molar-refractivity contribution in [3.8, 4) is 67.5 Å². The van der Waals surface area contributed by atoms with Crippen LogP contribution in [0, 0.1) is 120 Å². The van der Waals surface area contributed by atoms with E-state index in [1.54, 1.807) is 109 Å². The number of carbonyl (C=O) groups excluding carboxylic acids is 6. The van der Waals surface area contributed by atoms with E-state index >= 15 is 0 Å². The van der Waals surface area contributed by atoms with Gasteiger partial charge in [0.2, 0.25) is 0 Å². The van der Waals surface area contributed by atoms with Gasteiger partial charge in [0.05, 0.1) is 85.0 Å². The average molecular weight is 2050 g/mol. The van der Waals surface area contributed by atoms with Crippen molar-refractivity contribution in [3.63, 3.8) is 0 Å². The Morgan fingerprint density at radius 1 is 0.242 bits per heavy atom. The molecule has 0 aliphatic carbocycles. The summed E-state index contributed by atoms with van der Waals surface area (Å²) in [4.78, 5) is 73.6. The van der Waals surface area contributed by atoms with Crippen molar-refractivity contribution in [2.24, 2.45) is 0 Å². The molecule has 0 saturated carbocycles. The van der Waals surface area contributed by atoms with Crippen molar-refractivity contribution in [2.75, 3.05) is 0 Å². The fourth-order valence-electron chi connectivity index (χ4n) is 14.7. The summed E-state index contributed by atoms with van der Waals surface area (Å²) < 4.78 is 53.4. The fourth-order valence-corrected chi connectivity index (χ4v) is 15.1. The third kappa shape index (κ3) is 30.5. The number of aromatic amines is 6. The van der Waals surface area contributed by atoms with Crippen LogP contribution in [0.25, 0.3) is 104 Å². The number of aryl methyl sites for hydroxylation is 14. The lowest BCUT2D eigenvalue weighted by Gasteiger charge is -2.02. The van der Waals surface area contributed by atoms with E-state index in [2.05, 4.69) is 93.2 Å². The maximum atomic E-state index is 14.1. The van der Waals surface area contributed by atoms with E-state index in [0.717, 1.165) is 119 Å². The molecule has 149 heavy (non-hydrogen) atoms. The lowest BCUT2D eigenvalue weighted by Crippen LogP contribution is -1.95. The smallest absolute Gasteiger partial charge is 0.185 e. The lowest BCUT2D eigenvalue weighted by molar-refractivity contribution is 0.103. The Kier molecular flexibility index (Phi) is 37.4. The molecule has 12 aromatic carbocycles. The van der Waals surface area contributed by atoms with Gasteiger partial charge in [0, 0.05) is 71.8 Å². The normalized spacial score (nSPS) is 11.2. The summed E-state index contributed by atoms with van der Waals surface area (Å²) in [7, 11) is 0. The molecule has 0 radical (unpaired) electrons. The molecule has 26 heteroatoms. The number of H-pyrrole nitrogens is 6. The second-order valence-corrected chi connectivity index (χ2v) is 37.0. The third-order valence-corrected chi connectivity index (χ3v) is 25.8. The monoisotopic (exact) mass is 2040 g/mol. The number of aromatic nitrogens is 12. The first kappa shape index (κ1) is 109. The molecular formula is C123H107Cl3F4N12O7. The van der Waals surface area contributed by atoms with Crippen LogP contribution in [0.4, 0.5) is 17.6 Å². The number of rotatable bonds is 25. The number of aliphatic hydroxyl groups is 1. The maximum absolute atomic E-state index is 14.1. The molecule has 0 spiro atoms. The predicted molar refractivity (Wildman–Crippen MR) is 590 cm³/mol. The summed E-state index contributed by atoms with van der Waals surface area (Å²) in [5.74, 6) is -2.94. The lowest BCUT2D eigenvalue weighted by atomic mass is 10.0. The molecule has 0 atom stereocenters. The summed E-state index contributed by atoms with van der Waals surface area (Å²) in [6.45, 7) is 28.0. The molecule has 0 fully saturated rings. The molecule has 0 unspecified atom stereocenters. The molecule has 0 bridgehead atoms. The van der Waals surface area contributed by atoms with Gasteiger partial charge >= 0.3 is 0 Å². The number of carbonyl (C=O) groups is 6. The zero-order valence-corrected chi connectivity index (χ0v) is 86.5. The summed E-state index contributed by atoms with van der Waals surface area (Å²) in [5, 5.41) is 53.1. The minimum absolute atomic E-state index is 0.00886. The van der Waals surface area contributed by atoms with Crippen LogP contribution < -0.4 is 0 Å². The van der Waals surface area contributed by atoms with E-state index in [0.29, 0.717) is 99.3 Å². The highest BCUT2D eigenvalue weighted by Gasteiger charge is 2.18. The van der Waals surface area contributed by atoms with Crippen LogP contribution in [-0.4, -0.2) is 101 Å². The van der Waals surface area contributed by atoms with Gasteiger partial charge in [-0.3, -0.25) is 59.4 Å². The third-order valence-electron chi connectivity index (χ3n) is 24.8. The van der Waals surface area contributed by atoms with Crippen molar-refractivity contribution >= 4 is 106 Å². The van der Waals surface area contributed by atoms with Crippen molar-refractivity contribution in [3.05, 3.63) is 493 Å². The second-order valence-electron chi connectivity index (χ2n) is 35.8. The van der Waals surface area contributed by atoms with Crippen molar-refractivity contribution in [2.45, 2.75) is 104 Å². The van der Waals surface area contributed by atoms with Crippen LogP contribution in [0.3, 0.4) is 0 Å². The van der Waals surface area contributed by atoms with Crippen LogP contribution in [0.5, 0.6) is 0 Å². The molecule has 18 rings (SSSR count). The Labute approximate surface area is 876 Å². The number of hydrogen-bond donors (Lipinski definition) is 7. The topological polar surface area (TPSA) is 295 Å². The number of hydrogen-bond acceptors (Lipinski definition) is 13. The van der Waals surface area contributed by atoms with Gasteiger partial charge in [0.25, 0.3) is 0 Å². The van der Waals surface area contributed by atoms with Gasteiger partial charge in [-0.2, -0.15) is 30.6 Å². The van der Waals surface area contributed by atoms with Gasteiger partial charge in [-0.1, -0.05) is 144 Å². The molecule has 0 aliphatic rings. The van der Waals surface area contributed by atoms with Gasteiger partial charge in [-0.15, -0.1) is 0 Å². The van der Waals surface area contributed by atoms with Crippen LogP contribution in [0.2, 0.25) is 15.1 Å². The number of allylic oxidation sites excluding steroid dienone is 6. The van der Waals surface area contributed by atoms with Crippen LogP contribution in [0.1, 0.15) is 180 Å². The summed E-state index contributed by atoms with van der Waals surface area (Å²) in [6.07, 6.45) is 19.3. The second kappa shape index (κ2) is 51.1. The number of ketones is 6. The summed E-state index contributed by atoms with van der Waals surface area (Å²) >= 11 is 17.9. The average Bonchev–Trinajstić information content (AvgIpc) is 1.75. The first-order chi connectivity index (χ1) is 71.3. The molecule has 7 N–H and O–H groups in total. The predicted octanol–water partition coefficient (Wildman–Crippen LogP) is 30.2. The molecule has 0 saturated heterocycles. The largest absolute Gasteiger partial charge is 0.392 e. The van der Waals surface area contributed by atoms with Crippen molar-refractivity contribution < 1.29 is 51.4 Å². The first-order valence-corrected chi connectivity index (χ1v) is 48.5. The number of nitrogens with zero attached hydrogens (tertiary/aromatic N) is 6. The standard InChI is InChI=1S/C22H22N2O.C21H19FN2O2.C20H16Cl2N2O.C20H17ClN2O.C20H16F2N2O.C20H17FN2O/c1-14-5-7-18(11-16(14)3)21-13-20(23-24-21)9-10-22(25)19-8-6-15(2)17(4)12-19;1-13-3-5-16(9-14(13)2)21(26)8-6-17-11-20(24-23-17)18-7-4-15(12-25)10-19(18)22;1-12-3-4-15(9-13(12)2)20(25)8-6-16-11-19(24-23-16)14-5-7-17(21)18(22)10-14;1-13-3-4-16(11-14(13)2)20(24)10-9-18-12-19(23-22-18)15-5-7-17(21)8-6-15;1-12-3-4-15(9-13(12)2)20(25)8-6-16-11-19(24-23-16)14-5-7-17(21)18(22)10-14;1-13-3-4-16(11-14(13)2)20(24)10-9-18-12-19(23-22-18)15-5-7-17(21)8-6-15/h5-13H,1-4H3,(H,23,24);3-11,25H,12H2,1-2H3,(H,23,24);3-11H,1-2H3,(H,23,24);3-12H,1-2H3,(H,22,23);3-11H,1-2H3,(H,23,24);3-12H,1-2H3,(H,22,23)/b10-9+;2*8-6+;10-9+;8-6+;10-9+. The zero-order valence-electron chi connectivity index (χ0n) is 84.3. The highest BCUT2D eigenvalue weighted by atomic mass is 35.5.